The summed E-state index contributed by atoms with van der Waals surface area (Å²) >= 11 is 1.66. The van der Waals surface area contributed by atoms with E-state index in [1.807, 2.05) is 13.1 Å². The Labute approximate surface area is 132 Å². The van der Waals surface area contributed by atoms with Gasteiger partial charge in [0, 0.05) is 44.2 Å². The molecular weight excluding hydrogens is 317 g/mol. The smallest absolute Gasteiger partial charge is 0.372 e. The van der Waals surface area contributed by atoms with Gasteiger partial charge in [0.25, 0.3) is 0 Å². The van der Waals surface area contributed by atoms with Crippen molar-refractivity contribution in [2.45, 2.75) is 25.9 Å². The molecule has 2 N–H and O–H groups in total. The molecule has 1 rings (SSSR count). The highest BCUT2D eigenvalue weighted by Crippen LogP contribution is 2.14. The SMILES string of the molecule is CN=C(NCCCOCC(F)(F)F)NCCc1ncc(C)s1. The monoisotopic (exact) mass is 338 g/mol. The molecule has 0 aliphatic heterocycles. The molecule has 22 heavy (non-hydrogen) atoms. The first-order valence-corrected chi connectivity index (χ1v) is 7.72. The van der Waals surface area contributed by atoms with Gasteiger partial charge in [0.1, 0.15) is 6.61 Å². The molecule has 9 heteroatoms. The van der Waals surface area contributed by atoms with Crippen LogP contribution < -0.4 is 10.6 Å². The Morgan fingerprint density at radius 3 is 2.68 bits per heavy atom. The zero-order valence-corrected chi connectivity index (χ0v) is 13.5. The lowest BCUT2D eigenvalue weighted by molar-refractivity contribution is -0.173. The number of nitrogens with one attached hydrogen (secondary N) is 2. The van der Waals surface area contributed by atoms with Crippen LogP contribution in [0.1, 0.15) is 16.3 Å². The number of aromatic nitrogens is 1. The van der Waals surface area contributed by atoms with Gasteiger partial charge in [-0.1, -0.05) is 0 Å². The molecule has 0 saturated carbocycles. The lowest BCUT2D eigenvalue weighted by atomic mass is 10.4. The van der Waals surface area contributed by atoms with Crippen molar-refractivity contribution < 1.29 is 17.9 Å². The van der Waals surface area contributed by atoms with Crippen LogP contribution in [-0.4, -0.2) is 50.5 Å². The Balaban J connectivity index is 2.07. The number of hydrogen-bond donors (Lipinski definition) is 2. The number of guanidine groups is 1. The van der Waals surface area contributed by atoms with Gasteiger partial charge < -0.3 is 15.4 Å². The maximum Gasteiger partial charge on any atom is 0.411 e. The molecule has 0 unspecified atom stereocenters. The van der Waals surface area contributed by atoms with Gasteiger partial charge in [0.2, 0.25) is 0 Å². The standard InChI is InChI=1S/C13H21F3N4OS/c1-10-8-20-11(22-10)4-6-19-12(17-2)18-5-3-7-21-9-13(14,15)16/h8H,3-7,9H2,1-2H3,(H2,17,18,19). The second-order valence-corrected chi connectivity index (χ2v) is 5.88. The van der Waals surface area contributed by atoms with Crippen molar-refractivity contribution in [3.63, 3.8) is 0 Å². The Kier molecular flexibility index (Phi) is 8.18. The molecule has 0 radical (unpaired) electrons. The van der Waals surface area contributed by atoms with Crippen molar-refractivity contribution in [2.75, 3.05) is 33.4 Å². The first-order chi connectivity index (χ1) is 10.4. The highest BCUT2D eigenvalue weighted by atomic mass is 32.1. The van der Waals surface area contributed by atoms with Gasteiger partial charge in [-0.2, -0.15) is 13.2 Å². The maximum atomic E-state index is 11.9. The van der Waals surface area contributed by atoms with Crippen LogP contribution in [0.5, 0.6) is 0 Å². The summed E-state index contributed by atoms with van der Waals surface area (Å²) in [7, 11) is 1.64. The molecule has 0 bridgehead atoms. The van der Waals surface area contributed by atoms with Gasteiger partial charge >= 0.3 is 6.18 Å². The van der Waals surface area contributed by atoms with E-state index in [0.29, 0.717) is 25.5 Å². The van der Waals surface area contributed by atoms with Gasteiger partial charge in [0.15, 0.2) is 5.96 Å². The Bertz CT molecular complexity index is 462. The van der Waals surface area contributed by atoms with Crippen LogP contribution >= 0.6 is 11.3 Å². The van der Waals surface area contributed by atoms with E-state index in [1.165, 1.54) is 4.88 Å². The summed E-state index contributed by atoms with van der Waals surface area (Å²) < 4.78 is 40.1. The van der Waals surface area contributed by atoms with Crippen LogP contribution in [-0.2, 0) is 11.2 Å². The number of ether oxygens (including phenoxy) is 1. The van der Waals surface area contributed by atoms with Crippen LogP contribution in [0.2, 0.25) is 0 Å². The fourth-order valence-electron chi connectivity index (χ4n) is 1.59. The van der Waals surface area contributed by atoms with E-state index in [4.69, 9.17) is 0 Å². The highest BCUT2D eigenvalue weighted by molar-refractivity contribution is 7.11. The normalized spacial score (nSPS) is 12.5. The van der Waals surface area contributed by atoms with Gasteiger partial charge in [-0.05, 0) is 13.3 Å². The van der Waals surface area contributed by atoms with Crippen molar-refractivity contribution >= 4 is 17.3 Å². The van der Waals surface area contributed by atoms with E-state index in [-0.39, 0.29) is 6.61 Å². The van der Waals surface area contributed by atoms with E-state index in [2.05, 4.69) is 25.3 Å². The largest absolute Gasteiger partial charge is 0.411 e. The van der Waals surface area contributed by atoms with E-state index in [9.17, 15) is 13.2 Å². The second kappa shape index (κ2) is 9.62. The first kappa shape index (κ1) is 18.7. The van der Waals surface area contributed by atoms with Crippen LogP contribution in [0.4, 0.5) is 13.2 Å². The lowest BCUT2D eigenvalue weighted by Crippen LogP contribution is -2.39. The highest BCUT2D eigenvalue weighted by Gasteiger charge is 2.27. The third-order valence-electron chi connectivity index (χ3n) is 2.55. The van der Waals surface area contributed by atoms with Gasteiger partial charge in [-0.25, -0.2) is 4.98 Å². The number of aryl methyl sites for hydroxylation is 1. The minimum Gasteiger partial charge on any atom is -0.372 e. The molecular formula is C13H21F3N4OS. The maximum absolute atomic E-state index is 11.9. The molecule has 0 aromatic carbocycles. The summed E-state index contributed by atoms with van der Waals surface area (Å²) in [6.07, 6.45) is -1.15. The lowest BCUT2D eigenvalue weighted by Gasteiger charge is -2.12. The quantitative estimate of drug-likeness (QED) is 0.433. The first-order valence-electron chi connectivity index (χ1n) is 6.91. The Morgan fingerprint density at radius 2 is 2.09 bits per heavy atom. The fraction of sp³-hybridized carbons (Fsp3) is 0.692. The van der Waals surface area contributed by atoms with Crippen molar-refractivity contribution in [1.82, 2.24) is 15.6 Å². The number of nitrogens with zero attached hydrogens (tertiary/aromatic N) is 2. The number of aliphatic imine (C=N–C) groups is 1. The number of thiazole rings is 1. The molecule has 0 aliphatic carbocycles. The van der Waals surface area contributed by atoms with E-state index in [0.717, 1.165) is 11.4 Å². The molecule has 0 spiro atoms. The van der Waals surface area contributed by atoms with E-state index >= 15 is 0 Å². The van der Waals surface area contributed by atoms with Gasteiger partial charge in [-0.3, -0.25) is 4.99 Å². The molecule has 126 valence electrons. The molecule has 0 aliphatic rings. The van der Waals surface area contributed by atoms with Crippen molar-refractivity contribution in [2.24, 2.45) is 4.99 Å². The molecule has 5 nitrogen and oxygen atoms in total. The summed E-state index contributed by atoms with van der Waals surface area (Å²) in [4.78, 5) is 9.48. The predicted octanol–water partition coefficient (Wildman–Crippen LogP) is 2.13. The summed E-state index contributed by atoms with van der Waals surface area (Å²) in [6.45, 7) is 2.05. The van der Waals surface area contributed by atoms with Crippen molar-refractivity contribution in [1.29, 1.82) is 0 Å². The summed E-state index contributed by atoms with van der Waals surface area (Å²) in [5.41, 5.74) is 0. The molecule has 1 aromatic rings. The topological polar surface area (TPSA) is 58.5 Å². The molecule has 0 saturated heterocycles. The summed E-state index contributed by atoms with van der Waals surface area (Å²) in [5, 5.41) is 7.20. The molecule has 1 heterocycles. The summed E-state index contributed by atoms with van der Waals surface area (Å²) in [6, 6.07) is 0. The van der Waals surface area contributed by atoms with Crippen LogP contribution in [0.25, 0.3) is 0 Å². The van der Waals surface area contributed by atoms with E-state index in [1.54, 1.807) is 18.4 Å². The zero-order chi connectivity index (χ0) is 16.4. The number of halogens is 3. The number of rotatable bonds is 8. The molecule has 1 aromatic heterocycles. The van der Waals surface area contributed by atoms with Crippen LogP contribution in [0, 0.1) is 6.92 Å². The van der Waals surface area contributed by atoms with Crippen LogP contribution in [0.15, 0.2) is 11.2 Å². The minimum absolute atomic E-state index is 0.0574. The van der Waals surface area contributed by atoms with Gasteiger partial charge in [0.05, 0.1) is 5.01 Å². The molecule has 0 fully saturated rings. The van der Waals surface area contributed by atoms with Crippen LogP contribution in [0.3, 0.4) is 0 Å². The average Bonchev–Trinajstić information content (AvgIpc) is 2.85. The van der Waals surface area contributed by atoms with E-state index < -0.39 is 12.8 Å². The van der Waals surface area contributed by atoms with Gasteiger partial charge in [-0.15, -0.1) is 11.3 Å². The number of alkyl halides is 3. The second-order valence-electron chi connectivity index (χ2n) is 4.56. The molecule has 0 atom stereocenters. The number of hydrogen-bond acceptors (Lipinski definition) is 4. The Hall–Kier alpha value is -1.35. The minimum atomic E-state index is -4.26. The third kappa shape index (κ3) is 8.83. The zero-order valence-electron chi connectivity index (χ0n) is 12.7. The van der Waals surface area contributed by atoms with Crippen molar-refractivity contribution in [3.8, 4) is 0 Å². The predicted molar refractivity (Wildman–Crippen MR) is 81.4 cm³/mol. The Morgan fingerprint density at radius 1 is 1.36 bits per heavy atom. The summed E-state index contributed by atoms with van der Waals surface area (Å²) in [5.74, 6) is 0.615. The third-order valence-corrected chi connectivity index (χ3v) is 3.52. The fourth-order valence-corrected chi connectivity index (χ4v) is 2.38. The molecule has 0 amide bonds. The van der Waals surface area contributed by atoms with Crippen molar-refractivity contribution in [3.05, 3.63) is 16.1 Å². The average molecular weight is 338 g/mol.